The fourth-order valence-corrected chi connectivity index (χ4v) is 2.47. The molecule has 0 fully saturated rings. The molecular formula is C13H24N2OS. The first-order valence-electron chi connectivity index (χ1n) is 6.15. The van der Waals surface area contributed by atoms with Crippen LogP contribution in [-0.4, -0.2) is 14.9 Å². The maximum atomic E-state index is 12.1. The fraction of sp³-hybridized carbons (Fsp3) is 0.769. The van der Waals surface area contributed by atoms with E-state index in [1.54, 1.807) is 9.13 Å². The lowest BCUT2D eigenvalue weighted by molar-refractivity contribution is 0.235. The van der Waals surface area contributed by atoms with E-state index in [0.29, 0.717) is 5.92 Å². The predicted octanol–water partition coefficient (Wildman–Crippen LogP) is 2.82. The van der Waals surface area contributed by atoms with Crippen LogP contribution in [0.4, 0.5) is 0 Å². The van der Waals surface area contributed by atoms with Gasteiger partial charge in [0.05, 0.1) is 0 Å². The van der Waals surface area contributed by atoms with Crippen LogP contribution in [-0.2, 0) is 6.54 Å². The zero-order valence-electron chi connectivity index (χ0n) is 11.5. The van der Waals surface area contributed by atoms with Crippen LogP contribution >= 0.6 is 12.6 Å². The summed E-state index contributed by atoms with van der Waals surface area (Å²) in [6.07, 6.45) is 3.75. The highest BCUT2D eigenvalue weighted by molar-refractivity contribution is 7.80. The molecular weight excluding hydrogens is 232 g/mol. The van der Waals surface area contributed by atoms with Crippen LogP contribution in [0.2, 0.25) is 0 Å². The molecule has 0 aromatic carbocycles. The Labute approximate surface area is 109 Å². The van der Waals surface area contributed by atoms with Gasteiger partial charge >= 0.3 is 5.69 Å². The van der Waals surface area contributed by atoms with Crippen molar-refractivity contribution in [3.63, 3.8) is 0 Å². The molecule has 1 heterocycles. The van der Waals surface area contributed by atoms with E-state index < -0.39 is 0 Å². The lowest BCUT2D eigenvalue weighted by Gasteiger charge is -2.29. The van der Waals surface area contributed by atoms with Gasteiger partial charge in [-0.2, -0.15) is 12.6 Å². The first kappa shape index (κ1) is 14.4. The van der Waals surface area contributed by atoms with Gasteiger partial charge < -0.3 is 0 Å². The van der Waals surface area contributed by atoms with Gasteiger partial charge in [-0.15, -0.1) is 0 Å². The van der Waals surface area contributed by atoms with Crippen LogP contribution < -0.4 is 5.69 Å². The van der Waals surface area contributed by atoms with E-state index in [2.05, 4.69) is 33.4 Å². The summed E-state index contributed by atoms with van der Waals surface area (Å²) in [5.74, 6) is 1.19. The summed E-state index contributed by atoms with van der Waals surface area (Å²) in [5.41, 5.74) is 0.247. The third-order valence-corrected chi connectivity index (χ3v) is 3.73. The normalized spacial score (nSPS) is 14.3. The molecule has 0 amide bonds. The third kappa shape index (κ3) is 3.41. The highest BCUT2D eigenvalue weighted by Crippen LogP contribution is 2.27. The highest BCUT2D eigenvalue weighted by atomic mass is 32.1. The van der Waals surface area contributed by atoms with Crippen LogP contribution in [0.3, 0.4) is 0 Å². The number of nitrogens with zero attached hydrogens (tertiary/aromatic N) is 2. The second kappa shape index (κ2) is 5.34. The molecule has 0 N–H and O–H groups in total. The second-order valence-corrected chi connectivity index (χ2v) is 6.34. The molecule has 1 atom stereocenters. The number of aromatic nitrogens is 2. The van der Waals surface area contributed by atoms with Gasteiger partial charge in [0, 0.05) is 25.0 Å². The molecule has 0 spiro atoms. The Bertz CT molecular complexity index is 412. The van der Waals surface area contributed by atoms with Gasteiger partial charge in [-0.25, -0.2) is 4.79 Å². The van der Waals surface area contributed by atoms with Gasteiger partial charge in [-0.05, 0) is 30.9 Å². The zero-order chi connectivity index (χ0) is 13.2. The molecule has 98 valence electrons. The summed E-state index contributed by atoms with van der Waals surface area (Å²) in [7, 11) is 0. The molecule has 0 aliphatic heterocycles. The molecule has 4 heteroatoms. The van der Waals surface area contributed by atoms with E-state index in [1.165, 1.54) is 0 Å². The Morgan fingerprint density at radius 2 is 1.88 bits per heavy atom. The van der Waals surface area contributed by atoms with Crippen LogP contribution in [0.1, 0.15) is 40.7 Å². The number of rotatable bonds is 4. The van der Waals surface area contributed by atoms with Crippen LogP contribution in [0.5, 0.6) is 0 Å². The first-order valence-corrected chi connectivity index (χ1v) is 6.78. The molecule has 17 heavy (non-hydrogen) atoms. The minimum absolute atomic E-state index is 0.0797. The minimum Gasteiger partial charge on any atom is -0.299 e. The molecule has 1 unspecified atom stereocenters. The maximum absolute atomic E-state index is 12.1. The van der Waals surface area contributed by atoms with Crippen molar-refractivity contribution in [2.75, 3.05) is 5.75 Å². The number of hydrogen-bond donors (Lipinski definition) is 1. The summed E-state index contributed by atoms with van der Waals surface area (Å²) in [6.45, 7) is 11.4. The molecule has 0 aliphatic rings. The Kier molecular flexibility index (Phi) is 4.53. The quantitative estimate of drug-likeness (QED) is 0.824. The Hall–Kier alpha value is -0.640. The molecule has 1 rings (SSSR count). The fourth-order valence-electron chi connectivity index (χ4n) is 1.80. The van der Waals surface area contributed by atoms with Gasteiger partial charge in [0.1, 0.15) is 0 Å². The Morgan fingerprint density at radius 1 is 1.29 bits per heavy atom. The monoisotopic (exact) mass is 256 g/mol. The van der Waals surface area contributed by atoms with Crippen molar-refractivity contribution < 1.29 is 0 Å². The van der Waals surface area contributed by atoms with Gasteiger partial charge in [-0.3, -0.25) is 9.13 Å². The minimum atomic E-state index is 0.0797. The van der Waals surface area contributed by atoms with Crippen molar-refractivity contribution in [2.45, 2.75) is 47.2 Å². The molecule has 0 aliphatic carbocycles. The van der Waals surface area contributed by atoms with Crippen molar-refractivity contribution in [2.24, 2.45) is 11.3 Å². The summed E-state index contributed by atoms with van der Waals surface area (Å²) < 4.78 is 3.56. The van der Waals surface area contributed by atoms with Gasteiger partial charge in [-0.1, -0.05) is 20.8 Å². The smallest absolute Gasteiger partial charge is 0.299 e. The summed E-state index contributed by atoms with van der Waals surface area (Å²) in [4.78, 5) is 12.1. The molecule has 1 aromatic rings. The lowest BCUT2D eigenvalue weighted by atomic mass is 9.82. The zero-order valence-corrected chi connectivity index (χ0v) is 12.4. The van der Waals surface area contributed by atoms with Gasteiger partial charge in [0.2, 0.25) is 0 Å². The maximum Gasteiger partial charge on any atom is 0.328 e. The largest absolute Gasteiger partial charge is 0.328 e. The van der Waals surface area contributed by atoms with E-state index >= 15 is 0 Å². The molecule has 0 bridgehead atoms. The van der Waals surface area contributed by atoms with E-state index in [-0.39, 0.29) is 17.1 Å². The van der Waals surface area contributed by atoms with Crippen molar-refractivity contribution >= 4 is 12.6 Å². The van der Waals surface area contributed by atoms with Crippen LogP contribution in [0.25, 0.3) is 0 Å². The molecule has 3 nitrogen and oxygen atoms in total. The van der Waals surface area contributed by atoms with Crippen molar-refractivity contribution in [3.8, 4) is 0 Å². The lowest BCUT2D eigenvalue weighted by Crippen LogP contribution is -2.32. The van der Waals surface area contributed by atoms with Crippen LogP contribution in [0.15, 0.2) is 17.2 Å². The molecule has 0 radical (unpaired) electrons. The highest BCUT2D eigenvalue weighted by Gasteiger charge is 2.24. The van der Waals surface area contributed by atoms with Crippen LogP contribution in [0, 0.1) is 11.3 Å². The van der Waals surface area contributed by atoms with E-state index in [1.807, 2.05) is 26.2 Å². The third-order valence-electron chi connectivity index (χ3n) is 3.29. The summed E-state index contributed by atoms with van der Waals surface area (Å²) in [5, 5.41) is 0. The van der Waals surface area contributed by atoms with Crippen molar-refractivity contribution in [1.29, 1.82) is 0 Å². The van der Waals surface area contributed by atoms with Crippen molar-refractivity contribution in [3.05, 3.63) is 22.9 Å². The number of thiol groups is 1. The average molecular weight is 256 g/mol. The summed E-state index contributed by atoms with van der Waals surface area (Å²) in [6, 6.07) is 0.216. The SMILES string of the molecule is CC(C)n1ccn(CC(CS)C(C)(C)C)c1=O. The topological polar surface area (TPSA) is 26.9 Å². The van der Waals surface area contributed by atoms with Crippen molar-refractivity contribution in [1.82, 2.24) is 9.13 Å². The van der Waals surface area contributed by atoms with Gasteiger partial charge in [0.25, 0.3) is 0 Å². The first-order chi connectivity index (χ1) is 7.77. The average Bonchev–Trinajstić information content (AvgIpc) is 2.54. The summed E-state index contributed by atoms with van der Waals surface area (Å²) >= 11 is 4.40. The predicted molar refractivity (Wildman–Crippen MR) is 75.9 cm³/mol. The Morgan fingerprint density at radius 3 is 2.24 bits per heavy atom. The number of imidazole rings is 1. The second-order valence-electron chi connectivity index (χ2n) is 5.98. The standard InChI is InChI=1S/C13H24N2OS/c1-10(2)15-7-6-14(12(15)16)8-11(9-17)13(3,4)5/h6-7,10-11,17H,8-9H2,1-5H3. The van der Waals surface area contributed by atoms with E-state index in [9.17, 15) is 4.79 Å². The van der Waals surface area contributed by atoms with E-state index in [4.69, 9.17) is 0 Å². The number of hydrogen-bond acceptors (Lipinski definition) is 2. The molecule has 0 saturated carbocycles. The van der Waals surface area contributed by atoms with Gasteiger partial charge in [0.15, 0.2) is 0 Å². The van der Waals surface area contributed by atoms with E-state index in [0.717, 1.165) is 12.3 Å². The molecule has 0 saturated heterocycles. The Balaban J connectivity index is 2.92. The molecule has 1 aromatic heterocycles.